The maximum absolute atomic E-state index is 14.3. The molecule has 0 heterocycles. The van der Waals surface area contributed by atoms with Gasteiger partial charge in [-0.1, -0.05) is 44.4 Å². The number of amides is 2. The van der Waals surface area contributed by atoms with E-state index >= 15 is 0 Å². The van der Waals surface area contributed by atoms with Crippen molar-refractivity contribution in [2.24, 2.45) is 17.6 Å². The summed E-state index contributed by atoms with van der Waals surface area (Å²) < 4.78 is 14.3. The second-order valence-corrected chi connectivity index (χ2v) is 7.44. The first-order valence-electron chi connectivity index (χ1n) is 9.04. The van der Waals surface area contributed by atoms with Crippen LogP contribution in [0.2, 0.25) is 5.02 Å². The average Bonchev–Trinajstić information content (AvgIpc) is 2.62. The Morgan fingerprint density at radius 2 is 2.08 bits per heavy atom. The monoisotopic (exact) mass is 383 g/mol. The van der Waals surface area contributed by atoms with Crippen LogP contribution in [0.3, 0.4) is 0 Å². The number of nitrogens with zero attached hydrogens (tertiary/aromatic N) is 1. The molecule has 3 unspecified atom stereocenters. The van der Waals surface area contributed by atoms with Crippen molar-refractivity contribution in [2.45, 2.75) is 45.7 Å². The molecule has 0 spiro atoms. The second-order valence-electron chi connectivity index (χ2n) is 7.04. The van der Waals surface area contributed by atoms with E-state index in [0.717, 1.165) is 19.3 Å². The number of nitrogens with two attached hydrogens (primary N) is 1. The Kier molecular flexibility index (Phi) is 7.41. The highest BCUT2D eigenvalue weighted by molar-refractivity contribution is 6.31. The van der Waals surface area contributed by atoms with E-state index in [1.807, 2.05) is 0 Å². The van der Waals surface area contributed by atoms with Gasteiger partial charge in [0.25, 0.3) is 0 Å². The molecule has 144 valence electrons. The lowest BCUT2D eigenvalue weighted by Gasteiger charge is -2.42. The summed E-state index contributed by atoms with van der Waals surface area (Å²) in [7, 11) is 0. The molecule has 1 saturated carbocycles. The van der Waals surface area contributed by atoms with Crippen LogP contribution in [0.4, 0.5) is 4.39 Å². The molecule has 2 rings (SSSR count). The summed E-state index contributed by atoms with van der Waals surface area (Å²) in [6, 6.07) is 4.48. The molecule has 3 atom stereocenters. The van der Waals surface area contributed by atoms with Crippen LogP contribution in [0.15, 0.2) is 18.2 Å². The van der Waals surface area contributed by atoms with Gasteiger partial charge in [0.1, 0.15) is 5.82 Å². The highest BCUT2D eigenvalue weighted by Crippen LogP contribution is 2.34. The fourth-order valence-electron chi connectivity index (χ4n) is 3.59. The maximum atomic E-state index is 14.3. The molecule has 1 aromatic rings. The molecular formula is C19H27ClFN3O2. The molecule has 0 aliphatic heterocycles. The Labute approximate surface area is 159 Å². The highest BCUT2D eigenvalue weighted by Gasteiger charge is 2.34. The molecule has 7 heteroatoms. The van der Waals surface area contributed by atoms with Gasteiger partial charge < -0.3 is 16.0 Å². The van der Waals surface area contributed by atoms with Crippen LogP contribution >= 0.6 is 11.6 Å². The Balaban J connectivity index is 2.26. The quantitative estimate of drug-likeness (QED) is 0.793. The first kappa shape index (κ1) is 20.6. The summed E-state index contributed by atoms with van der Waals surface area (Å²) in [5.74, 6) is -0.329. The van der Waals surface area contributed by atoms with Gasteiger partial charge in [0.15, 0.2) is 0 Å². The predicted molar refractivity (Wildman–Crippen MR) is 100.0 cm³/mol. The Bertz CT molecular complexity index is 635. The van der Waals surface area contributed by atoms with Gasteiger partial charge >= 0.3 is 0 Å². The standard InChI is InChI=1S/C19H27ClFN3O2/c1-12-5-3-8-17(13(12)2)24(19(26)10-23-18(25)9-22)11-14-15(20)6-4-7-16(14)21/h4,6-7,12-13,17H,3,5,8-11,22H2,1-2H3,(H,23,25). The minimum absolute atomic E-state index is 0.0169. The second kappa shape index (κ2) is 9.33. The molecule has 1 fully saturated rings. The van der Waals surface area contributed by atoms with E-state index in [9.17, 15) is 14.0 Å². The van der Waals surface area contributed by atoms with Crippen molar-refractivity contribution in [3.05, 3.63) is 34.6 Å². The van der Waals surface area contributed by atoms with Gasteiger partial charge in [-0.3, -0.25) is 9.59 Å². The number of hydrogen-bond acceptors (Lipinski definition) is 3. The fraction of sp³-hybridized carbons (Fsp3) is 0.579. The molecule has 1 aromatic carbocycles. The summed E-state index contributed by atoms with van der Waals surface area (Å²) in [5.41, 5.74) is 5.58. The van der Waals surface area contributed by atoms with Crippen molar-refractivity contribution in [3.8, 4) is 0 Å². The van der Waals surface area contributed by atoms with Crippen molar-refractivity contribution in [1.82, 2.24) is 10.2 Å². The Morgan fingerprint density at radius 3 is 2.73 bits per heavy atom. The zero-order valence-corrected chi connectivity index (χ0v) is 16.1. The van der Waals surface area contributed by atoms with Gasteiger partial charge in [-0.05, 0) is 30.4 Å². The summed E-state index contributed by atoms with van der Waals surface area (Å²) in [6.45, 7) is 4.05. The largest absolute Gasteiger partial charge is 0.346 e. The molecule has 2 amide bonds. The van der Waals surface area contributed by atoms with E-state index in [4.69, 9.17) is 17.3 Å². The highest BCUT2D eigenvalue weighted by atomic mass is 35.5. The van der Waals surface area contributed by atoms with Gasteiger partial charge in [-0.15, -0.1) is 0 Å². The summed E-state index contributed by atoms with van der Waals surface area (Å²) in [5, 5.41) is 2.81. The first-order chi connectivity index (χ1) is 12.3. The van der Waals surface area contributed by atoms with Gasteiger partial charge in [0.05, 0.1) is 19.6 Å². The molecule has 0 aromatic heterocycles. The Morgan fingerprint density at radius 1 is 1.35 bits per heavy atom. The van der Waals surface area contributed by atoms with Crippen molar-refractivity contribution < 1.29 is 14.0 Å². The van der Waals surface area contributed by atoms with Gasteiger partial charge in [0.2, 0.25) is 11.8 Å². The molecule has 0 radical (unpaired) electrons. The van der Waals surface area contributed by atoms with Crippen LogP contribution < -0.4 is 11.1 Å². The molecule has 5 nitrogen and oxygen atoms in total. The van der Waals surface area contributed by atoms with Crippen LogP contribution in [0, 0.1) is 17.7 Å². The average molecular weight is 384 g/mol. The predicted octanol–water partition coefficient (Wildman–Crippen LogP) is 2.71. The van der Waals surface area contributed by atoms with Crippen molar-refractivity contribution in [3.63, 3.8) is 0 Å². The minimum atomic E-state index is -0.433. The number of nitrogens with one attached hydrogen (secondary N) is 1. The fourth-order valence-corrected chi connectivity index (χ4v) is 3.81. The topological polar surface area (TPSA) is 75.4 Å². The molecule has 0 saturated heterocycles. The van der Waals surface area contributed by atoms with Crippen molar-refractivity contribution >= 4 is 23.4 Å². The third-order valence-corrected chi connectivity index (χ3v) is 5.75. The van der Waals surface area contributed by atoms with E-state index in [2.05, 4.69) is 19.2 Å². The van der Waals surface area contributed by atoms with Gasteiger partial charge in [0, 0.05) is 16.6 Å². The number of halogens is 2. The van der Waals surface area contributed by atoms with Crippen LogP contribution in [-0.4, -0.2) is 35.8 Å². The van der Waals surface area contributed by atoms with Crippen LogP contribution in [0.25, 0.3) is 0 Å². The van der Waals surface area contributed by atoms with E-state index in [1.54, 1.807) is 17.0 Å². The molecule has 0 bridgehead atoms. The number of benzene rings is 1. The van der Waals surface area contributed by atoms with Crippen molar-refractivity contribution in [1.29, 1.82) is 0 Å². The molecular weight excluding hydrogens is 357 g/mol. The Hall–Kier alpha value is -1.66. The smallest absolute Gasteiger partial charge is 0.242 e. The van der Waals surface area contributed by atoms with Crippen LogP contribution in [0.1, 0.15) is 38.7 Å². The van der Waals surface area contributed by atoms with Crippen LogP contribution in [0.5, 0.6) is 0 Å². The van der Waals surface area contributed by atoms with E-state index < -0.39 is 11.7 Å². The zero-order valence-electron chi connectivity index (χ0n) is 15.3. The number of carbonyl (C=O) groups excluding carboxylic acids is 2. The number of hydrogen-bond donors (Lipinski definition) is 2. The zero-order chi connectivity index (χ0) is 19.3. The maximum Gasteiger partial charge on any atom is 0.242 e. The lowest BCUT2D eigenvalue weighted by atomic mass is 9.77. The lowest BCUT2D eigenvalue weighted by Crippen LogP contribution is -2.50. The summed E-state index contributed by atoms with van der Waals surface area (Å²) in [4.78, 5) is 25.9. The number of rotatable bonds is 6. The molecule has 3 N–H and O–H groups in total. The van der Waals surface area contributed by atoms with E-state index in [1.165, 1.54) is 6.07 Å². The third kappa shape index (κ3) is 4.95. The minimum Gasteiger partial charge on any atom is -0.346 e. The summed E-state index contributed by atoms with van der Waals surface area (Å²) in [6.07, 6.45) is 2.98. The summed E-state index contributed by atoms with van der Waals surface area (Å²) >= 11 is 6.17. The van der Waals surface area contributed by atoms with E-state index in [0.29, 0.717) is 16.5 Å². The molecule has 1 aliphatic rings. The molecule has 26 heavy (non-hydrogen) atoms. The third-order valence-electron chi connectivity index (χ3n) is 5.40. The number of carbonyl (C=O) groups is 2. The molecule has 1 aliphatic carbocycles. The first-order valence-corrected chi connectivity index (χ1v) is 9.42. The van der Waals surface area contributed by atoms with Gasteiger partial charge in [-0.25, -0.2) is 4.39 Å². The SMILES string of the molecule is CC1CCCC(N(Cc2c(F)cccc2Cl)C(=O)CNC(=O)CN)C1C. The van der Waals surface area contributed by atoms with Crippen molar-refractivity contribution in [2.75, 3.05) is 13.1 Å². The van der Waals surface area contributed by atoms with Gasteiger partial charge in [-0.2, -0.15) is 0 Å². The van der Waals surface area contributed by atoms with E-state index in [-0.39, 0.29) is 37.5 Å². The lowest BCUT2D eigenvalue weighted by molar-refractivity contribution is -0.137. The normalized spacial score (nSPS) is 22.7. The van der Waals surface area contributed by atoms with Crippen LogP contribution in [-0.2, 0) is 16.1 Å².